The molecule has 1 aromatic carbocycles. The summed E-state index contributed by atoms with van der Waals surface area (Å²) in [6, 6.07) is 3.03. The summed E-state index contributed by atoms with van der Waals surface area (Å²) in [6.07, 6.45) is -4.61. The fourth-order valence-corrected chi connectivity index (χ4v) is 1.86. The van der Waals surface area contributed by atoms with E-state index in [0.717, 1.165) is 12.1 Å². The molecule has 0 aliphatic heterocycles. The summed E-state index contributed by atoms with van der Waals surface area (Å²) >= 11 is 0. The number of benzene rings is 1. The number of nitrogens with one attached hydrogen (secondary N) is 2. The number of halogens is 3. The van der Waals surface area contributed by atoms with Crippen LogP contribution in [0.2, 0.25) is 0 Å². The van der Waals surface area contributed by atoms with Crippen molar-refractivity contribution in [1.29, 1.82) is 0 Å². The molecule has 1 heterocycles. The van der Waals surface area contributed by atoms with Crippen LogP contribution in [0.3, 0.4) is 0 Å². The van der Waals surface area contributed by atoms with Crippen molar-refractivity contribution < 1.29 is 18.0 Å². The fourth-order valence-electron chi connectivity index (χ4n) is 1.86. The second kappa shape index (κ2) is 5.12. The molecule has 0 aliphatic rings. The second-order valence-corrected chi connectivity index (χ2v) is 4.56. The number of anilines is 2. The highest BCUT2D eigenvalue weighted by Gasteiger charge is 2.33. The Kier molecular flexibility index (Phi) is 3.63. The van der Waals surface area contributed by atoms with Gasteiger partial charge in [-0.3, -0.25) is 9.89 Å². The summed E-state index contributed by atoms with van der Waals surface area (Å²) in [6.45, 7) is 3.36. The smallest absolute Gasteiger partial charge is 0.398 e. The quantitative estimate of drug-likeness (QED) is 0.745. The standard InChI is InChI=1S/C13H13F3N4O/c1-6-11(7(2)20-19-6)18-12(21)8-3-4-10(17)9(5-8)13(14,15)16/h3-5H,17H2,1-2H3,(H,18,21)(H,19,20). The zero-order valence-electron chi connectivity index (χ0n) is 11.3. The summed E-state index contributed by atoms with van der Waals surface area (Å²) < 4.78 is 38.3. The lowest BCUT2D eigenvalue weighted by Crippen LogP contribution is -2.16. The molecule has 0 fully saturated rings. The van der Waals surface area contributed by atoms with E-state index in [0.29, 0.717) is 17.1 Å². The lowest BCUT2D eigenvalue weighted by Gasteiger charge is -2.12. The summed E-state index contributed by atoms with van der Waals surface area (Å²) in [4.78, 5) is 12.0. The Labute approximate surface area is 118 Å². The van der Waals surface area contributed by atoms with E-state index < -0.39 is 23.3 Å². The van der Waals surface area contributed by atoms with Crippen molar-refractivity contribution in [3.8, 4) is 0 Å². The Morgan fingerprint density at radius 2 is 2.00 bits per heavy atom. The minimum Gasteiger partial charge on any atom is -0.398 e. The summed E-state index contributed by atoms with van der Waals surface area (Å²) in [5, 5.41) is 9.10. The first-order chi connectivity index (χ1) is 9.70. The van der Waals surface area contributed by atoms with E-state index in [1.165, 1.54) is 6.07 Å². The third-order valence-electron chi connectivity index (χ3n) is 2.99. The molecule has 5 nitrogen and oxygen atoms in total. The van der Waals surface area contributed by atoms with Gasteiger partial charge in [-0.25, -0.2) is 0 Å². The molecule has 0 saturated heterocycles. The van der Waals surface area contributed by atoms with Crippen LogP contribution in [0.25, 0.3) is 0 Å². The third kappa shape index (κ3) is 2.99. The predicted molar refractivity (Wildman–Crippen MR) is 71.9 cm³/mol. The van der Waals surface area contributed by atoms with Crippen molar-refractivity contribution >= 4 is 17.3 Å². The Bertz CT molecular complexity index is 672. The monoisotopic (exact) mass is 298 g/mol. The summed E-state index contributed by atoms with van der Waals surface area (Å²) in [7, 11) is 0. The van der Waals surface area contributed by atoms with E-state index in [1.54, 1.807) is 13.8 Å². The summed E-state index contributed by atoms with van der Waals surface area (Å²) in [5.74, 6) is -0.659. The van der Waals surface area contributed by atoms with Crippen LogP contribution in [0.1, 0.15) is 27.3 Å². The molecule has 2 rings (SSSR count). The van der Waals surface area contributed by atoms with Gasteiger partial charge >= 0.3 is 6.18 Å². The highest BCUT2D eigenvalue weighted by Crippen LogP contribution is 2.34. The number of rotatable bonds is 2. The number of amides is 1. The van der Waals surface area contributed by atoms with Crippen LogP contribution in [-0.2, 0) is 6.18 Å². The van der Waals surface area contributed by atoms with Gasteiger partial charge in [0.25, 0.3) is 5.91 Å². The molecule has 0 unspecified atom stereocenters. The van der Waals surface area contributed by atoms with Crippen LogP contribution in [0, 0.1) is 13.8 Å². The molecule has 0 spiro atoms. The molecule has 2 aromatic rings. The number of nitrogens with two attached hydrogens (primary N) is 1. The summed E-state index contributed by atoms with van der Waals surface area (Å²) in [5.41, 5.74) is 5.33. The number of nitrogen functional groups attached to an aromatic ring is 1. The van der Waals surface area contributed by atoms with E-state index >= 15 is 0 Å². The first-order valence-electron chi connectivity index (χ1n) is 5.99. The molecular weight excluding hydrogens is 285 g/mol. The zero-order chi connectivity index (χ0) is 15.8. The van der Waals surface area contributed by atoms with Gasteiger partial charge < -0.3 is 11.1 Å². The van der Waals surface area contributed by atoms with E-state index in [2.05, 4.69) is 15.5 Å². The number of hydrogen-bond acceptors (Lipinski definition) is 3. The van der Waals surface area contributed by atoms with Gasteiger partial charge in [-0.1, -0.05) is 0 Å². The highest BCUT2D eigenvalue weighted by atomic mass is 19.4. The average Bonchev–Trinajstić information content (AvgIpc) is 2.69. The van der Waals surface area contributed by atoms with Crippen molar-refractivity contribution in [2.75, 3.05) is 11.1 Å². The Morgan fingerprint density at radius 3 is 2.52 bits per heavy atom. The van der Waals surface area contributed by atoms with Gasteiger partial charge in [-0.05, 0) is 32.0 Å². The van der Waals surface area contributed by atoms with E-state index in [9.17, 15) is 18.0 Å². The van der Waals surface area contributed by atoms with Gasteiger partial charge in [0.05, 0.1) is 22.6 Å². The van der Waals surface area contributed by atoms with E-state index in [-0.39, 0.29) is 5.56 Å². The van der Waals surface area contributed by atoms with Gasteiger partial charge in [0.1, 0.15) is 0 Å². The molecule has 0 saturated carbocycles. The minimum absolute atomic E-state index is 0.128. The molecule has 1 aromatic heterocycles. The number of aryl methyl sites for hydroxylation is 2. The number of alkyl halides is 3. The first kappa shape index (κ1) is 14.9. The molecule has 0 bridgehead atoms. The van der Waals surface area contributed by atoms with Crippen molar-refractivity contribution in [2.24, 2.45) is 0 Å². The van der Waals surface area contributed by atoms with E-state index in [4.69, 9.17) is 5.73 Å². The third-order valence-corrected chi connectivity index (χ3v) is 2.99. The normalized spacial score (nSPS) is 11.5. The lowest BCUT2D eigenvalue weighted by atomic mass is 10.1. The number of carbonyl (C=O) groups excluding carboxylic acids is 1. The lowest BCUT2D eigenvalue weighted by molar-refractivity contribution is -0.136. The Balaban J connectivity index is 2.33. The second-order valence-electron chi connectivity index (χ2n) is 4.56. The maximum absolute atomic E-state index is 12.8. The Hall–Kier alpha value is -2.51. The molecule has 0 aliphatic carbocycles. The van der Waals surface area contributed by atoms with Crippen LogP contribution < -0.4 is 11.1 Å². The molecule has 1 amide bonds. The average molecular weight is 298 g/mol. The minimum atomic E-state index is -4.61. The molecule has 21 heavy (non-hydrogen) atoms. The largest absolute Gasteiger partial charge is 0.418 e. The molecule has 112 valence electrons. The van der Waals surface area contributed by atoms with Crippen LogP contribution in [0.5, 0.6) is 0 Å². The van der Waals surface area contributed by atoms with Crippen molar-refractivity contribution in [1.82, 2.24) is 10.2 Å². The fraction of sp³-hybridized carbons (Fsp3) is 0.231. The number of H-pyrrole nitrogens is 1. The van der Waals surface area contributed by atoms with Crippen molar-refractivity contribution in [3.05, 3.63) is 40.7 Å². The first-order valence-corrected chi connectivity index (χ1v) is 5.99. The van der Waals surface area contributed by atoms with Crippen LogP contribution in [-0.4, -0.2) is 16.1 Å². The van der Waals surface area contributed by atoms with E-state index in [1.807, 2.05) is 0 Å². The molecule has 0 atom stereocenters. The highest BCUT2D eigenvalue weighted by molar-refractivity contribution is 6.05. The van der Waals surface area contributed by atoms with Crippen LogP contribution in [0.15, 0.2) is 18.2 Å². The maximum Gasteiger partial charge on any atom is 0.418 e. The predicted octanol–water partition coefficient (Wildman–Crippen LogP) is 2.88. The van der Waals surface area contributed by atoms with Gasteiger partial charge in [0, 0.05) is 11.3 Å². The SMILES string of the molecule is Cc1n[nH]c(C)c1NC(=O)c1ccc(N)c(C(F)(F)F)c1. The van der Waals surface area contributed by atoms with Gasteiger partial charge in [0.15, 0.2) is 0 Å². The van der Waals surface area contributed by atoms with Crippen LogP contribution in [0.4, 0.5) is 24.5 Å². The van der Waals surface area contributed by atoms with Crippen molar-refractivity contribution in [3.63, 3.8) is 0 Å². The number of nitrogens with zero attached hydrogens (tertiary/aromatic N) is 1. The number of aromatic amines is 1. The van der Waals surface area contributed by atoms with Gasteiger partial charge in [-0.15, -0.1) is 0 Å². The maximum atomic E-state index is 12.8. The number of aromatic nitrogens is 2. The topological polar surface area (TPSA) is 83.8 Å². The molecule has 4 N–H and O–H groups in total. The van der Waals surface area contributed by atoms with Gasteiger partial charge in [-0.2, -0.15) is 18.3 Å². The molecule has 8 heteroatoms. The number of carbonyl (C=O) groups is 1. The number of hydrogen-bond donors (Lipinski definition) is 3. The zero-order valence-corrected chi connectivity index (χ0v) is 11.3. The van der Waals surface area contributed by atoms with Gasteiger partial charge in [0.2, 0.25) is 0 Å². The molecule has 0 radical (unpaired) electrons. The van der Waals surface area contributed by atoms with Crippen molar-refractivity contribution in [2.45, 2.75) is 20.0 Å². The van der Waals surface area contributed by atoms with Crippen LogP contribution >= 0.6 is 0 Å². The molecular formula is C13H13F3N4O. The Morgan fingerprint density at radius 1 is 1.33 bits per heavy atom.